The fourth-order valence-electron chi connectivity index (χ4n) is 0.813. The van der Waals surface area contributed by atoms with Gasteiger partial charge in [-0.3, -0.25) is 4.79 Å². The highest BCUT2D eigenvalue weighted by Crippen LogP contribution is 2.22. The van der Waals surface area contributed by atoms with Gasteiger partial charge in [-0.2, -0.15) is 0 Å². The molecule has 0 unspecified atom stereocenters. The molecule has 1 rings (SSSR count). The molecule has 5 heteroatoms. The van der Waals surface area contributed by atoms with Crippen molar-refractivity contribution < 1.29 is 13.6 Å². The molecule has 0 radical (unpaired) electrons. The van der Waals surface area contributed by atoms with E-state index in [9.17, 15) is 13.6 Å². The number of rotatable bonds is 2. The molecule has 0 N–H and O–H groups in total. The Hall–Kier alpha value is -0.480. The summed E-state index contributed by atoms with van der Waals surface area (Å²) >= 11 is 7.91. The van der Waals surface area contributed by atoms with Gasteiger partial charge < -0.3 is 0 Å². The molecule has 1 aromatic rings. The van der Waals surface area contributed by atoms with Crippen molar-refractivity contribution in [2.24, 2.45) is 0 Å². The maximum atomic E-state index is 13.1. The molecule has 70 valence electrons. The van der Waals surface area contributed by atoms with Crippen molar-refractivity contribution in [1.29, 1.82) is 0 Å². The van der Waals surface area contributed by atoms with Gasteiger partial charge in [-0.1, -0.05) is 0 Å². The van der Waals surface area contributed by atoms with E-state index in [1.807, 2.05) is 0 Å². The second-order valence-electron chi connectivity index (χ2n) is 2.28. The number of carbonyl (C=O) groups is 1. The van der Waals surface area contributed by atoms with Crippen LogP contribution in [0.1, 0.15) is 10.4 Å². The Morgan fingerprint density at radius 1 is 1.46 bits per heavy atom. The minimum Gasteiger partial charge on any atom is -0.293 e. The van der Waals surface area contributed by atoms with E-state index in [-0.39, 0.29) is 15.9 Å². The summed E-state index contributed by atoms with van der Waals surface area (Å²) in [5.74, 6) is -2.55. The summed E-state index contributed by atoms with van der Waals surface area (Å²) in [6.45, 7) is 0. The molecule has 0 aliphatic heterocycles. The lowest BCUT2D eigenvalue weighted by molar-refractivity contribution is 0.101. The van der Waals surface area contributed by atoms with Crippen molar-refractivity contribution in [1.82, 2.24) is 0 Å². The molecular formula is C8H4BrClF2O. The molecule has 0 bridgehead atoms. The van der Waals surface area contributed by atoms with Crippen molar-refractivity contribution in [3.63, 3.8) is 0 Å². The monoisotopic (exact) mass is 268 g/mol. The summed E-state index contributed by atoms with van der Waals surface area (Å²) in [5.41, 5.74) is -0.205. The van der Waals surface area contributed by atoms with Crippen molar-refractivity contribution in [3.05, 3.63) is 33.8 Å². The predicted molar refractivity (Wildman–Crippen MR) is 49.1 cm³/mol. The van der Waals surface area contributed by atoms with Crippen LogP contribution in [0.2, 0.25) is 0 Å². The summed E-state index contributed by atoms with van der Waals surface area (Å²) in [7, 11) is 0. The maximum absolute atomic E-state index is 13.1. The summed E-state index contributed by atoms with van der Waals surface area (Å²) in [5, 5.41) is 0. The number of carbonyl (C=O) groups excluding carboxylic acids is 1. The lowest BCUT2D eigenvalue weighted by Gasteiger charge is -2.01. The molecule has 0 aromatic heterocycles. The summed E-state index contributed by atoms with van der Waals surface area (Å²) < 4.78 is 25.5. The van der Waals surface area contributed by atoms with Gasteiger partial charge in [0, 0.05) is 0 Å². The van der Waals surface area contributed by atoms with Crippen LogP contribution in [0, 0.1) is 11.6 Å². The summed E-state index contributed by atoms with van der Waals surface area (Å²) in [6.07, 6.45) is 0. The second kappa shape index (κ2) is 4.15. The van der Waals surface area contributed by atoms with Crippen LogP contribution in [0.15, 0.2) is 16.6 Å². The first-order chi connectivity index (χ1) is 6.07. The minimum atomic E-state index is -0.911. The van der Waals surface area contributed by atoms with Crippen molar-refractivity contribution in [3.8, 4) is 0 Å². The first kappa shape index (κ1) is 10.6. The zero-order valence-corrected chi connectivity index (χ0v) is 8.62. The number of Topliss-reactive ketones (excluding diaryl/α,β-unsaturated/α-hetero) is 1. The van der Waals surface area contributed by atoms with Crippen LogP contribution in [0.5, 0.6) is 0 Å². The Bertz CT molecular complexity index is 354. The summed E-state index contributed by atoms with van der Waals surface area (Å²) in [4.78, 5) is 11.0. The third-order valence-corrected chi connectivity index (χ3v) is 2.43. The van der Waals surface area contributed by atoms with Gasteiger partial charge in [0.2, 0.25) is 0 Å². The molecule has 0 saturated carbocycles. The quantitative estimate of drug-likeness (QED) is 0.458. The van der Waals surface area contributed by atoms with Gasteiger partial charge in [0.05, 0.1) is 15.9 Å². The molecule has 0 atom stereocenters. The fraction of sp³-hybridized carbons (Fsp3) is 0.125. The SMILES string of the molecule is O=C(CCl)c1ccc(F)c(Br)c1F. The van der Waals surface area contributed by atoms with Gasteiger partial charge >= 0.3 is 0 Å². The van der Waals surface area contributed by atoms with Gasteiger partial charge in [-0.05, 0) is 28.1 Å². The largest absolute Gasteiger partial charge is 0.293 e. The van der Waals surface area contributed by atoms with Crippen LogP contribution >= 0.6 is 27.5 Å². The van der Waals surface area contributed by atoms with Crippen LogP contribution in [0.3, 0.4) is 0 Å². The van der Waals surface area contributed by atoms with Gasteiger partial charge in [0.25, 0.3) is 0 Å². The van der Waals surface area contributed by atoms with E-state index in [2.05, 4.69) is 15.9 Å². The molecular weight excluding hydrogens is 265 g/mol. The number of halogens is 4. The zero-order valence-electron chi connectivity index (χ0n) is 6.28. The van der Waals surface area contributed by atoms with E-state index in [1.165, 1.54) is 0 Å². The normalized spacial score (nSPS) is 10.2. The molecule has 1 aromatic carbocycles. The lowest BCUT2D eigenvalue weighted by atomic mass is 10.1. The highest BCUT2D eigenvalue weighted by molar-refractivity contribution is 9.10. The number of benzene rings is 1. The smallest absolute Gasteiger partial charge is 0.180 e. The van der Waals surface area contributed by atoms with E-state index in [1.54, 1.807) is 0 Å². The minimum absolute atomic E-state index is 0.205. The zero-order chi connectivity index (χ0) is 10.0. The van der Waals surface area contributed by atoms with Gasteiger partial charge in [-0.15, -0.1) is 11.6 Å². The van der Waals surface area contributed by atoms with Gasteiger partial charge in [0.15, 0.2) is 11.6 Å². The first-order valence-electron chi connectivity index (χ1n) is 3.30. The van der Waals surface area contributed by atoms with Crippen molar-refractivity contribution >= 4 is 33.3 Å². The standard InChI is InChI=1S/C8H4BrClF2O/c9-7-5(11)2-1-4(8(7)12)6(13)3-10/h1-2H,3H2. The topological polar surface area (TPSA) is 17.1 Å². The van der Waals surface area contributed by atoms with E-state index >= 15 is 0 Å². The summed E-state index contributed by atoms with van der Waals surface area (Å²) in [6, 6.07) is 2.08. The molecule has 1 nitrogen and oxygen atoms in total. The van der Waals surface area contributed by atoms with Crippen molar-refractivity contribution in [2.45, 2.75) is 0 Å². The van der Waals surface area contributed by atoms with Crippen LogP contribution in [-0.4, -0.2) is 11.7 Å². The van der Waals surface area contributed by atoms with E-state index in [0.717, 1.165) is 12.1 Å². The lowest BCUT2D eigenvalue weighted by Crippen LogP contribution is -2.04. The molecule has 0 spiro atoms. The number of hydrogen-bond acceptors (Lipinski definition) is 1. The van der Waals surface area contributed by atoms with Crippen LogP contribution in [0.4, 0.5) is 8.78 Å². The fourth-order valence-corrected chi connectivity index (χ4v) is 1.30. The highest BCUT2D eigenvalue weighted by atomic mass is 79.9. The maximum Gasteiger partial charge on any atom is 0.180 e. The van der Waals surface area contributed by atoms with Crippen molar-refractivity contribution in [2.75, 3.05) is 5.88 Å². The van der Waals surface area contributed by atoms with Crippen LogP contribution in [0.25, 0.3) is 0 Å². The molecule has 0 aliphatic carbocycles. The Morgan fingerprint density at radius 3 is 2.62 bits per heavy atom. The van der Waals surface area contributed by atoms with Crippen LogP contribution < -0.4 is 0 Å². The molecule has 0 saturated heterocycles. The molecule has 13 heavy (non-hydrogen) atoms. The third-order valence-electron chi connectivity index (χ3n) is 1.46. The Morgan fingerprint density at radius 2 is 2.08 bits per heavy atom. The number of alkyl halides is 1. The molecule has 0 fully saturated rings. The number of ketones is 1. The second-order valence-corrected chi connectivity index (χ2v) is 3.34. The average molecular weight is 269 g/mol. The Labute approximate surface area is 86.8 Å². The number of hydrogen-bond donors (Lipinski definition) is 0. The van der Waals surface area contributed by atoms with Gasteiger partial charge in [0.1, 0.15) is 5.82 Å². The third kappa shape index (κ3) is 2.06. The predicted octanol–water partition coefficient (Wildman–Crippen LogP) is 3.15. The van der Waals surface area contributed by atoms with E-state index < -0.39 is 17.4 Å². The van der Waals surface area contributed by atoms with E-state index in [0.29, 0.717) is 0 Å². The first-order valence-corrected chi connectivity index (χ1v) is 4.63. The highest BCUT2D eigenvalue weighted by Gasteiger charge is 2.15. The van der Waals surface area contributed by atoms with Crippen LogP contribution in [-0.2, 0) is 0 Å². The Balaban J connectivity index is 3.26. The Kier molecular flexibility index (Phi) is 3.39. The van der Waals surface area contributed by atoms with Gasteiger partial charge in [-0.25, -0.2) is 8.78 Å². The average Bonchev–Trinajstić information content (AvgIpc) is 2.13. The molecule has 0 heterocycles. The van der Waals surface area contributed by atoms with E-state index in [4.69, 9.17) is 11.6 Å². The molecule has 0 amide bonds. The molecule has 0 aliphatic rings.